The summed E-state index contributed by atoms with van der Waals surface area (Å²) in [4.78, 5) is 15.9. The number of halogens is 1. The number of aromatic nitrogens is 1. The Morgan fingerprint density at radius 2 is 2.00 bits per heavy atom. The second-order valence-electron chi connectivity index (χ2n) is 6.72. The Kier molecular flexibility index (Phi) is 6.42. The highest BCUT2D eigenvalue weighted by molar-refractivity contribution is 9.10. The summed E-state index contributed by atoms with van der Waals surface area (Å²) in [6.45, 7) is 8.00. The van der Waals surface area contributed by atoms with E-state index in [0.717, 1.165) is 15.6 Å². The minimum atomic E-state index is -0.490. The van der Waals surface area contributed by atoms with Crippen LogP contribution in [0.2, 0.25) is 0 Å². The minimum absolute atomic E-state index is 0.406. The molecule has 0 aliphatic rings. The van der Waals surface area contributed by atoms with E-state index >= 15 is 0 Å². The van der Waals surface area contributed by atoms with Gasteiger partial charge in [0.15, 0.2) is 0 Å². The molecule has 2 aromatic rings. The number of rotatable bonds is 5. The van der Waals surface area contributed by atoms with Crippen LogP contribution in [0.1, 0.15) is 31.9 Å². The molecule has 0 radical (unpaired) electrons. The van der Waals surface area contributed by atoms with Crippen molar-refractivity contribution in [2.24, 2.45) is 0 Å². The highest BCUT2D eigenvalue weighted by atomic mass is 79.9. The van der Waals surface area contributed by atoms with Crippen LogP contribution in [0.15, 0.2) is 41.0 Å². The van der Waals surface area contributed by atoms with Gasteiger partial charge in [-0.25, -0.2) is 9.78 Å². The second-order valence-corrected chi connectivity index (χ2v) is 7.57. The number of pyridine rings is 1. The number of nitrogens with one attached hydrogen (secondary N) is 1. The van der Waals surface area contributed by atoms with Crippen molar-refractivity contribution in [1.29, 1.82) is 0 Å². The molecule has 0 saturated heterocycles. The smallest absolute Gasteiger partial charge is 0.407 e. The minimum Gasteiger partial charge on any atom is -0.444 e. The van der Waals surface area contributed by atoms with Crippen molar-refractivity contribution in [3.8, 4) is 11.6 Å². The van der Waals surface area contributed by atoms with Crippen LogP contribution in [-0.4, -0.2) is 23.2 Å². The molecule has 0 unspecified atom stereocenters. The van der Waals surface area contributed by atoms with Crippen LogP contribution < -0.4 is 10.1 Å². The quantitative estimate of drug-likeness (QED) is 0.757. The van der Waals surface area contributed by atoms with Crippen LogP contribution in [0.5, 0.6) is 11.6 Å². The fourth-order valence-corrected chi connectivity index (χ4v) is 2.54. The van der Waals surface area contributed by atoms with Gasteiger partial charge in [0.05, 0.1) is 4.47 Å². The van der Waals surface area contributed by atoms with Gasteiger partial charge in [-0.3, -0.25) is 0 Å². The van der Waals surface area contributed by atoms with E-state index in [-0.39, 0.29) is 0 Å². The zero-order chi connectivity index (χ0) is 18.4. The van der Waals surface area contributed by atoms with Crippen LogP contribution in [0.4, 0.5) is 4.79 Å². The number of benzene rings is 1. The van der Waals surface area contributed by atoms with Gasteiger partial charge in [-0.15, -0.1) is 0 Å². The average Bonchev–Trinajstić information content (AvgIpc) is 2.50. The summed E-state index contributed by atoms with van der Waals surface area (Å²) >= 11 is 3.51. The van der Waals surface area contributed by atoms with E-state index in [2.05, 4.69) is 26.2 Å². The third-order valence-corrected chi connectivity index (χ3v) is 3.80. The normalized spacial score (nSPS) is 11.1. The van der Waals surface area contributed by atoms with Crippen molar-refractivity contribution in [3.05, 3.63) is 52.1 Å². The Morgan fingerprint density at radius 1 is 1.24 bits per heavy atom. The summed E-state index contributed by atoms with van der Waals surface area (Å²) in [7, 11) is 0. The van der Waals surface area contributed by atoms with Gasteiger partial charge >= 0.3 is 6.09 Å². The Balaban J connectivity index is 1.88. The topological polar surface area (TPSA) is 60.5 Å². The lowest BCUT2D eigenvalue weighted by atomic mass is 10.1. The first-order valence-corrected chi connectivity index (χ1v) is 8.88. The Bertz CT molecular complexity index is 724. The van der Waals surface area contributed by atoms with E-state index in [0.29, 0.717) is 24.6 Å². The van der Waals surface area contributed by atoms with E-state index < -0.39 is 11.7 Å². The molecule has 1 amide bonds. The van der Waals surface area contributed by atoms with Gasteiger partial charge in [0, 0.05) is 18.8 Å². The zero-order valence-corrected chi connectivity index (χ0v) is 16.5. The number of aryl methyl sites for hydroxylation is 1. The number of alkyl carbamates (subject to hydrolysis) is 1. The summed E-state index contributed by atoms with van der Waals surface area (Å²) < 4.78 is 11.8. The van der Waals surface area contributed by atoms with Crippen molar-refractivity contribution < 1.29 is 14.3 Å². The fraction of sp³-hybridized carbons (Fsp3) is 0.368. The molecule has 2 rings (SSSR count). The third-order valence-electron chi connectivity index (χ3n) is 3.18. The highest BCUT2D eigenvalue weighted by Crippen LogP contribution is 2.29. The Labute approximate surface area is 156 Å². The molecular weight excluding hydrogens is 384 g/mol. The van der Waals surface area contributed by atoms with E-state index in [1.807, 2.05) is 58.0 Å². The zero-order valence-electron chi connectivity index (χ0n) is 14.9. The van der Waals surface area contributed by atoms with Gasteiger partial charge in [0.25, 0.3) is 0 Å². The van der Waals surface area contributed by atoms with Crippen molar-refractivity contribution in [2.45, 2.75) is 39.7 Å². The second kappa shape index (κ2) is 8.34. The number of amides is 1. The molecule has 0 bridgehead atoms. The van der Waals surface area contributed by atoms with Crippen LogP contribution in [0.3, 0.4) is 0 Å². The number of ether oxygens (including phenoxy) is 2. The first-order chi connectivity index (χ1) is 11.7. The monoisotopic (exact) mass is 406 g/mol. The number of carbonyl (C=O) groups is 1. The first kappa shape index (κ1) is 19.2. The number of carbonyl (C=O) groups excluding carboxylic acids is 1. The molecule has 0 atom stereocenters. The van der Waals surface area contributed by atoms with Crippen molar-refractivity contribution in [2.75, 3.05) is 6.54 Å². The van der Waals surface area contributed by atoms with Crippen molar-refractivity contribution >= 4 is 22.0 Å². The third kappa shape index (κ3) is 6.74. The molecule has 0 saturated carbocycles. The number of hydrogen-bond acceptors (Lipinski definition) is 4. The van der Waals surface area contributed by atoms with E-state index in [9.17, 15) is 4.79 Å². The van der Waals surface area contributed by atoms with Crippen LogP contribution in [-0.2, 0) is 11.2 Å². The summed E-state index contributed by atoms with van der Waals surface area (Å²) in [5.41, 5.74) is 1.67. The van der Waals surface area contributed by atoms with Crippen LogP contribution in [0.25, 0.3) is 0 Å². The molecule has 1 heterocycles. The average molecular weight is 407 g/mol. The lowest BCUT2D eigenvalue weighted by Crippen LogP contribution is -2.33. The summed E-state index contributed by atoms with van der Waals surface area (Å²) in [5, 5.41) is 2.75. The Morgan fingerprint density at radius 3 is 2.60 bits per heavy atom. The Hall–Kier alpha value is -2.08. The molecule has 0 spiro atoms. The largest absolute Gasteiger partial charge is 0.444 e. The molecule has 1 aromatic heterocycles. The summed E-state index contributed by atoms with van der Waals surface area (Å²) in [6, 6.07) is 9.60. The van der Waals surface area contributed by atoms with Crippen molar-refractivity contribution in [1.82, 2.24) is 10.3 Å². The van der Waals surface area contributed by atoms with Crippen LogP contribution >= 0.6 is 15.9 Å². The fourth-order valence-electron chi connectivity index (χ4n) is 2.03. The summed E-state index contributed by atoms with van der Waals surface area (Å²) in [6.07, 6.45) is 2.05. The van der Waals surface area contributed by atoms with Crippen LogP contribution in [0, 0.1) is 6.92 Å². The predicted molar refractivity (Wildman–Crippen MR) is 101 cm³/mol. The molecule has 134 valence electrons. The molecule has 6 heteroatoms. The molecule has 1 aromatic carbocycles. The van der Waals surface area contributed by atoms with Gasteiger partial charge in [0.2, 0.25) is 5.88 Å². The molecule has 0 aliphatic carbocycles. The molecule has 5 nitrogen and oxygen atoms in total. The highest BCUT2D eigenvalue weighted by Gasteiger charge is 2.15. The van der Waals surface area contributed by atoms with E-state index in [1.54, 1.807) is 6.20 Å². The first-order valence-electron chi connectivity index (χ1n) is 8.09. The maximum atomic E-state index is 11.6. The SMILES string of the molecule is Cc1ccc(Oc2ccc(CCNC(=O)OC(C)(C)C)cc2Br)nc1. The molecule has 0 aliphatic heterocycles. The lowest BCUT2D eigenvalue weighted by molar-refractivity contribution is 0.0528. The van der Waals surface area contributed by atoms with Gasteiger partial charge in [-0.1, -0.05) is 12.1 Å². The number of hydrogen-bond donors (Lipinski definition) is 1. The molecule has 25 heavy (non-hydrogen) atoms. The maximum Gasteiger partial charge on any atom is 0.407 e. The standard InChI is InChI=1S/C19H23BrN2O3/c1-13-5-8-17(22-12-13)24-16-7-6-14(11-15(16)20)9-10-21-18(23)25-19(2,3)4/h5-8,11-12H,9-10H2,1-4H3,(H,21,23). The predicted octanol–water partition coefficient (Wildman–Crippen LogP) is 5.01. The van der Waals surface area contributed by atoms with Gasteiger partial charge < -0.3 is 14.8 Å². The molecule has 0 fully saturated rings. The van der Waals surface area contributed by atoms with Gasteiger partial charge in [-0.2, -0.15) is 0 Å². The molecule has 1 N–H and O–H groups in total. The van der Waals surface area contributed by atoms with E-state index in [1.165, 1.54) is 0 Å². The number of nitrogens with zero attached hydrogens (tertiary/aromatic N) is 1. The summed E-state index contributed by atoms with van der Waals surface area (Å²) in [5.74, 6) is 1.24. The van der Waals surface area contributed by atoms with Gasteiger partial charge in [-0.05, 0) is 73.3 Å². The van der Waals surface area contributed by atoms with E-state index in [4.69, 9.17) is 9.47 Å². The maximum absolute atomic E-state index is 11.6. The van der Waals surface area contributed by atoms with Crippen molar-refractivity contribution in [3.63, 3.8) is 0 Å². The lowest BCUT2D eigenvalue weighted by Gasteiger charge is -2.19. The van der Waals surface area contributed by atoms with Gasteiger partial charge in [0.1, 0.15) is 11.4 Å². The molecular formula is C19H23BrN2O3.